The van der Waals surface area contributed by atoms with Gasteiger partial charge in [0.1, 0.15) is 11.6 Å². The van der Waals surface area contributed by atoms with Crippen molar-refractivity contribution in [2.24, 2.45) is 11.8 Å². The molecule has 0 aromatic heterocycles. The van der Waals surface area contributed by atoms with Crippen LogP contribution >= 0.6 is 11.6 Å². The minimum atomic E-state index is -0.109. The Labute approximate surface area is 209 Å². The van der Waals surface area contributed by atoms with Crippen LogP contribution in [0.4, 0.5) is 4.39 Å². The molecule has 34 heavy (non-hydrogen) atoms. The minimum absolute atomic E-state index is 0.0506. The topological polar surface area (TPSA) is 47.6 Å². The van der Waals surface area contributed by atoms with Crippen LogP contribution in [0.3, 0.4) is 0 Å². The van der Waals surface area contributed by atoms with Crippen LogP contribution in [-0.2, 0) is 9.53 Å². The molecule has 3 rings (SSSR count). The number of hydrogen-bond acceptors (Lipinski definition) is 3. The van der Waals surface area contributed by atoms with Crippen LogP contribution in [0.1, 0.15) is 79.6 Å². The number of carbonyl (C=O) groups is 1. The smallest absolute Gasteiger partial charge is 0.258 e. The molecule has 2 aliphatic carbocycles. The SMILES string of the molecule is CCC1C(C)CC1NC(=O)COc1ccc(Cl)cc1.CCCC(CC)OC1=CC(F)=C(C)CC1. The van der Waals surface area contributed by atoms with E-state index in [1.54, 1.807) is 30.3 Å². The molecule has 190 valence electrons. The normalized spacial score (nSPS) is 22.6. The summed E-state index contributed by atoms with van der Waals surface area (Å²) in [5.41, 5.74) is 0.839. The Hall–Kier alpha value is -2.01. The van der Waals surface area contributed by atoms with Gasteiger partial charge in [0.2, 0.25) is 0 Å². The summed E-state index contributed by atoms with van der Waals surface area (Å²) < 4.78 is 24.5. The van der Waals surface area contributed by atoms with Crippen LogP contribution in [0, 0.1) is 11.8 Å². The van der Waals surface area contributed by atoms with Gasteiger partial charge in [-0.05, 0) is 74.3 Å². The molecule has 4 unspecified atom stereocenters. The molecule has 1 fully saturated rings. The molecule has 0 spiro atoms. The highest BCUT2D eigenvalue weighted by Gasteiger charge is 2.37. The van der Waals surface area contributed by atoms with Crippen LogP contribution in [0.2, 0.25) is 5.02 Å². The molecule has 0 radical (unpaired) electrons. The highest BCUT2D eigenvalue weighted by Crippen LogP contribution is 2.36. The van der Waals surface area contributed by atoms with E-state index in [0.29, 0.717) is 28.6 Å². The van der Waals surface area contributed by atoms with E-state index in [9.17, 15) is 9.18 Å². The first kappa shape index (κ1) is 28.2. The van der Waals surface area contributed by atoms with Crippen molar-refractivity contribution in [2.45, 2.75) is 91.7 Å². The molecule has 4 atom stereocenters. The van der Waals surface area contributed by atoms with Gasteiger partial charge in [-0.25, -0.2) is 4.39 Å². The summed E-state index contributed by atoms with van der Waals surface area (Å²) in [7, 11) is 0. The monoisotopic (exact) mass is 493 g/mol. The van der Waals surface area contributed by atoms with Gasteiger partial charge in [0.15, 0.2) is 6.61 Å². The molecule has 1 aromatic rings. The van der Waals surface area contributed by atoms with Crippen LogP contribution in [0.25, 0.3) is 0 Å². The maximum atomic E-state index is 13.3. The lowest BCUT2D eigenvalue weighted by atomic mass is 9.69. The molecule has 0 saturated heterocycles. The lowest BCUT2D eigenvalue weighted by Crippen LogP contribution is -2.52. The van der Waals surface area contributed by atoms with E-state index in [2.05, 4.69) is 33.0 Å². The van der Waals surface area contributed by atoms with Crippen molar-refractivity contribution < 1.29 is 18.7 Å². The summed E-state index contributed by atoms with van der Waals surface area (Å²) >= 11 is 5.78. The summed E-state index contributed by atoms with van der Waals surface area (Å²) in [5.74, 6) is 2.65. The first-order chi connectivity index (χ1) is 16.3. The van der Waals surface area contributed by atoms with E-state index < -0.39 is 0 Å². The second kappa shape index (κ2) is 14.4. The van der Waals surface area contributed by atoms with Gasteiger partial charge in [0.25, 0.3) is 5.91 Å². The van der Waals surface area contributed by atoms with E-state index in [1.807, 2.05) is 6.92 Å². The Balaban J connectivity index is 0.000000248. The number of carbonyl (C=O) groups excluding carboxylic acids is 1. The highest BCUT2D eigenvalue weighted by molar-refractivity contribution is 6.30. The molecule has 1 amide bonds. The Kier molecular flexibility index (Phi) is 12.0. The van der Waals surface area contributed by atoms with Crippen molar-refractivity contribution in [3.05, 3.63) is 52.5 Å². The minimum Gasteiger partial charge on any atom is -0.495 e. The van der Waals surface area contributed by atoms with Gasteiger partial charge < -0.3 is 14.8 Å². The number of benzene rings is 1. The predicted octanol–water partition coefficient (Wildman–Crippen LogP) is 7.77. The third kappa shape index (κ3) is 8.98. The zero-order valence-electron chi connectivity index (χ0n) is 21.3. The van der Waals surface area contributed by atoms with E-state index in [0.717, 1.165) is 56.3 Å². The molecule has 1 saturated carbocycles. The van der Waals surface area contributed by atoms with Crippen LogP contribution < -0.4 is 10.1 Å². The largest absolute Gasteiger partial charge is 0.495 e. The molecule has 0 bridgehead atoms. The second-order valence-electron chi connectivity index (χ2n) is 9.38. The standard InChI is InChI=1S/C15H20ClNO2.C13H21FO/c1-3-13-10(2)8-14(13)17-15(18)9-19-12-6-4-11(16)5-7-12;1-4-6-11(5-2)15-12-8-7-10(3)13(14)9-12/h4-7,10,13-14H,3,8-9H2,1-2H3,(H,17,18);9,11H,4-8H2,1-3H3. The Morgan fingerprint density at radius 2 is 1.91 bits per heavy atom. The average Bonchev–Trinajstić information content (AvgIpc) is 2.81. The predicted molar refractivity (Wildman–Crippen MR) is 138 cm³/mol. The summed E-state index contributed by atoms with van der Waals surface area (Å²) in [6.45, 7) is 10.6. The Morgan fingerprint density at radius 1 is 1.21 bits per heavy atom. The van der Waals surface area contributed by atoms with Gasteiger partial charge in [0.05, 0.1) is 11.9 Å². The summed E-state index contributed by atoms with van der Waals surface area (Å²) in [6.07, 6.45) is 8.80. The number of rotatable bonds is 10. The lowest BCUT2D eigenvalue weighted by Gasteiger charge is -2.43. The van der Waals surface area contributed by atoms with Crippen LogP contribution in [0.15, 0.2) is 47.5 Å². The van der Waals surface area contributed by atoms with E-state index in [4.69, 9.17) is 21.1 Å². The Morgan fingerprint density at radius 3 is 2.47 bits per heavy atom. The zero-order valence-corrected chi connectivity index (χ0v) is 22.1. The van der Waals surface area contributed by atoms with Crippen LogP contribution in [0.5, 0.6) is 5.75 Å². The van der Waals surface area contributed by atoms with Crippen molar-refractivity contribution in [3.8, 4) is 5.75 Å². The summed E-state index contributed by atoms with van der Waals surface area (Å²) in [5, 5.41) is 3.70. The van der Waals surface area contributed by atoms with Gasteiger partial charge in [-0.2, -0.15) is 0 Å². The molecule has 6 heteroatoms. The fraction of sp³-hybridized carbons (Fsp3) is 0.607. The molecule has 4 nitrogen and oxygen atoms in total. The molecule has 0 aliphatic heterocycles. The molecular formula is C28H41ClFNO3. The first-order valence-electron chi connectivity index (χ1n) is 12.7. The van der Waals surface area contributed by atoms with Crippen molar-refractivity contribution in [1.82, 2.24) is 5.32 Å². The average molecular weight is 494 g/mol. The fourth-order valence-electron chi connectivity index (χ4n) is 4.47. The molecule has 2 aliphatic rings. The number of nitrogens with one attached hydrogen (secondary N) is 1. The van der Waals surface area contributed by atoms with E-state index >= 15 is 0 Å². The quantitative estimate of drug-likeness (QED) is 0.362. The number of hydrogen-bond donors (Lipinski definition) is 1. The molecule has 0 heterocycles. The van der Waals surface area contributed by atoms with Crippen molar-refractivity contribution >= 4 is 17.5 Å². The Bertz CT molecular complexity index is 837. The third-order valence-electron chi connectivity index (χ3n) is 6.70. The fourth-order valence-corrected chi connectivity index (χ4v) is 4.60. The van der Waals surface area contributed by atoms with Crippen molar-refractivity contribution in [3.63, 3.8) is 0 Å². The third-order valence-corrected chi connectivity index (χ3v) is 6.95. The second-order valence-corrected chi connectivity index (χ2v) is 9.81. The van der Waals surface area contributed by atoms with Gasteiger partial charge in [-0.15, -0.1) is 0 Å². The lowest BCUT2D eigenvalue weighted by molar-refractivity contribution is -0.125. The van der Waals surface area contributed by atoms with Gasteiger partial charge >= 0.3 is 0 Å². The number of allylic oxidation sites excluding steroid dienone is 4. The van der Waals surface area contributed by atoms with E-state index in [-0.39, 0.29) is 24.4 Å². The van der Waals surface area contributed by atoms with Gasteiger partial charge in [0, 0.05) is 23.6 Å². The summed E-state index contributed by atoms with van der Waals surface area (Å²) in [6, 6.07) is 7.33. The van der Waals surface area contributed by atoms with Crippen molar-refractivity contribution in [2.75, 3.05) is 6.61 Å². The highest BCUT2D eigenvalue weighted by atomic mass is 35.5. The number of amides is 1. The first-order valence-corrected chi connectivity index (χ1v) is 13.0. The van der Waals surface area contributed by atoms with E-state index in [1.165, 1.54) is 0 Å². The van der Waals surface area contributed by atoms with Crippen LogP contribution in [-0.4, -0.2) is 24.7 Å². The molecular weight excluding hydrogens is 453 g/mol. The van der Waals surface area contributed by atoms with Gasteiger partial charge in [-0.3, -0.25) is 4.79 Å². The zero-order chi connectivity index (χ0) is 25.1. The van der Waals surface area contributed by atoms with Gasteiger partial charge in [-0.1, -0.05) is 52.1 Å². The number of halogens is 2. The number of ether oxygens (including phenoxy) is 2. The van der Waals surface area contributed by atoms with Crippen molar-refractivity contribution in [1.29, 1.82) is 0 Å². The maximum absolute atomic E-state index is 13.3. The molecule has 1 aromatic carbocycles. The summed E-state index contributed by atoms with van der Waals surface area (Å²) in [4.78, 5) is 11.8. The molecule has 1 N–H and O–H groups in total. The maximum Gasteiger partial charge on any atom is 0.258 e.